The fraction of sp³-hybridized carbons (Fsp3) is 0.174. The average molecular weight is 485 g/mol. The first-order chi connectivity index (χ1) is 16.2. The second-order valence-corrected chi connectivity index (χ2v) is 9.34. The number of aromatic amines is 1. The van der Waals surface area contributed by atoms with E-state index < -0.39 is 38.3 Å². The standard InChI is InChI=1S/C23H21FN4O5S/c24-18-8-6-16(7-9-18)22(34(31,32)33)17(12-15-4-2-1-3-5-15)14-28-11-10-25-23(28)20-21(30)19(29)13-26-27-20/h1-11,13,17,22H,12,14H2,(H,26,30)(H,27,29)(H,31,32,33)/t17-,22+/m1/s1. The van der Waals surface area contributed by atoms with Gasteiger partial charge in [-0.2, -0.15) is 13.5 Å². The van der Waals surface area contributed by atoms with E-state index in [0.29, 0.717) is 0 Å². The second-order valence-electron chi connectivity index (χ2n) is 7.80. The van der Waals surface area contributed by atoms with Crippen LogP contribution >= 0.6 is 0 Å². The van der Waals surface area contributed by atoms with Crippen molar-refractivity contribution in [2.24, 2.45) is 5.92 Å². The van der Waals surface area contributed by atoms with E-state index >= 15 is 0 Å². The first-order valence-corrected chi connectivity index (χ1v) is 11.8. The summed E-state index contributed by atoms with van der Waals surface area (Å²) < 4.78 is 50.4. The number of aromatic hydroxyl groups is 1. The number of nitrogens with one attached hydrogen (secondary N) is 1. The van der Waals surface area contributed by atoms with Crippen LogP contribution in [0.5, 0.6) is 5.75 Å². The molecule has 11 heteroatoms. The van der Waals surface area contributed by atoms with Gasteiger partial charge >= 0.3 is 0 Å². The van der Waals surface area contributed by atoms with Crippen LogP contribution in [0.25, 0.3) is 11.5 Å². The lowest BCUT2D eigenvalue weighted by Crippen LogP contribution is -2.27. The van der Waals surface area contributed by atoms with Gasteiger partial charge in [-0.15, -0.1) is 0 Å². The Bertz CT molecular complexity index is 1440. The quantitative estimate of drug-likeness (QED) is 0.327. The fourth-order valence-corrected chi connectivity index (χ4v) is 5.18. The topological polar surface area (TPSA) is 138 Å². The van der Waals surface area contributed by atoms with Crippen LogP contribution in [0.15, 0.2) is 78.0 Å². The van der Waals surface area contributed by atoms with Crippen molar-refractivity contribution in [3.05, 3.63) is 100 Å². The summed E-state index contributed by atoms with van der Waals surface area (Å²) in [5, 5.41) is 15.1. The summed E-state index contributed by atoms with van der Waals surface area (Å²) in [7, 11) is -4.62. The lowest BCUT2D eigenvalue weighted by atomic mass is 9.91. The van der Waals surface area contributed by atoms with Gasteiger partial charge in [0.25, 0.3) is 10.1 Å². The van der Waals surface area contributed by atoms with Crippen molar-refractivity contribution in [3.8, 4) is 17.3 Å². The van der Waals surface area contributed by atoms with Gasteiger partial charge in [-0.05, 0) is 29.7 Å². The van der Waals surface area contributed by atoms with Crippen molar-refractivity contribution in [2.75, 3.05) is 0 Å². The largest absolute Gasteiger partial charge is 0.503 e. The molecule has 2 atom stereocenters. The Balaban J connectivity index is 1.80. The van der Waals surface area contributed by atoms with E-state index in [4.69, 9.17) is 0 Å². The molecule has 4 aromatic rings. The van der Waals surface area contributed by atoms with E-state index in [1.165, 1.54) is 18.3 Å². The lowest BCUT2D eigenvalue weighted by molar-refractivity contribution is 0.384. The van der Waals surface area contributed by atoms with Crippen molar-refractivity contribution in [3.63, 3.8) is 0 Å². The molecule has 2 heterocycles. The van der Waals surface area contributed by atoms with Gasteiger partial charge in [0.15, 0.2) is 11.6 Å². The van der Waals surface area contributed by atoms with Gasteiger partial charge in [-0.25, -0.2) is 9.37 Å². The maximum absolute atomic E-state index is 13.5. The first kappa shape index (κ1) is 23.3. The molecule has 0 radical (unpaired) electrons. The van der Waals surface area contributed by atoms with Crippen molar-refractivity contribution in [1.82, 2.24) is 19.7 Å². The highest BCUT2D eigenvalue weighted by Crippen LogP contribution is 2.35. The minimum absolute atomic E-state index is 0.0267. The monoisotopic (exact) mass is 484 g/mol. The van der Waals surface area contributed by atoms with Crippen molar-refractivity contribution < 1.29 is 22.5 Å². The van der Waals surface area contributed by atoms with Gasteiger partial charge in [-0.3, -0.25) is 14.4 Å². The molecule has 0 amide bonds. The summed E-state index contributed by atoms with van der Waals surface area (Å²) in [6.45, 7) is 0.0302. The predicted molar refractivity (Wildman–Crippen MR) is 122 cm³/mol. The zero-order valence-corrected chi connectivity index (χ0v) is 18.6. The molecule has 2 aromatic heterocycles. The van der Waals surface area contributed by atoms with Crippen LogP contribution in [0.2, 0.25) is 0 Å². The molecule has 2 aromatic carbocycles. The maximum Gasteiger partial charge on any atom is 0.272 e. The van der Waals surface area contributed by atoms with E-state index in [2.05, 4.69) is 15.2 Å². The molecule has 0 saturated carbocycles. The van der Waals surface area contributed by atoms with Crippen molar-refractivity contribution >= 4 is 10.1 Å². The fourth-order valence-electron chi connectivity index (χ4n) is 4.01. The molecule has 0 saturated heterocycles. The summed E-state index contributed by atoms with van der Waals surface area (Å²) in [6, 6.07) is 14.0. The van der Waals surface area contributed by atoms with Gasteiger partial charge in [-0.1, -0.05) is 42.5 Å². The van der Waals surface area contributed by atoms with E-state index in [0.717, 1.165) is 23.9 Å². The molecule has 3 N–H and O–H groups in total. The SMILES string of the molecule is O=c1cn[nH]c(-c2nccn2C[C@@H](Cc2ccccc2)[C@H](c2ccc(F)cc2)S(=O)(=O)O)c1O. The second kappa shape index (κ2) is 9.57. The van der Waals surface area contributed by atoms with E-state index in [9.17, 15) is 27.3 Å². The van der Waals surface area contributed by atoms with Crippen LogP contribution in [0.3, 0.4) is 0 Å². The Hall–Kier alpha value is -3.83. The Morgan fingerprint density at radius 3 is 2.47 bits per heavy atom. The lowest BCUT2D eigenvalue weighted by Gasteiger charge is -2.26. The molecule has 0 unspecified atom stereocenters. The van der Waals surface area contributed by atoms with Gasteiger partial charge in [0, 0.05) is 24.9 Å². The number of rotatable bonds is 8. The minimum atomic E-state index is -4.62. The summed E-state index contributed by atoms with van der Waals surface area (Å²) in [5.41, 5.74) is 0.319. The molecule has 0 fully saturated rings. The van der Waals surface area contributed by atoms with E-state index in [-0.39, 0.29) is 30.0 Å². The van der Waals surface area contributed by atoms with Gasteiger partial charge in [0.05, 0.1) is 6.20 Å². The molecule has 9 nitrogen and oxygen atoms in total. The Morgan fingerprint density at radius 1 is 1.09 bits per heavy atom. The van der Waals surface area contributed by atoms with Gasteiger partial charge in [0.2, 0.25) is 5.43 Å². The summed E-state index contributed by atoms with van der Waals surface area (Å²) in [5.74, 6) is -1.69. The molecular weight excluding hydrogens is 463 g/mol. The number of halogens is 1. The Morgan fingerprint density at radius 2 is 1.79 bits per heavy atom. The van der Waals surface area contributed by atoms with Crippen molar-refractivity contribution in [1.29, 1.82) is 0 Å². The van der Waals surface area contributed by atoms with Crippen LogP contribution in [-0.2, 0) is 23.1 Å². The van der Waals surface area contributed by atoms with E-state index in [1.54, 1.807) is 10.8 Å². The average Bonchev–Trinajstić information content (AvgIpc) is 3.25. The van der Waals surface area contributed by atoms with Gasteiger partial charge in [0.1, 0.15) is 16.8 Å². The first-order valence-electron chi connectivity index (χ1n) is 10.3. The van der Waals surface area contributed by atoms with Crippen LogP contribution in [0, 0.1) is 11.7 Å². The minimum Gasteiger partial charge on any atom is -0.503 e. The maximum atomic E-state index is 13.5. The summed E-state index contributed by atoms with van der Waals surface area (Å²) >= 11 is 0. The third-order valence-corrected chi connectivity index (χ3v) is 6.79. The van der Waals surface area contributed by atoms with Crippen LogP contribution in [0.1, 0.15) is 16.4 Å². The molecule has 34 heavy (non-hydrogen) atoms. The van der Waals surface area contributed by atoms with Crippen LogP contribution < -0.4 is 5.43 Å². The summed E-state index contributed by atoms with van der Waals surface area (Å²) in [6.07, 6.45) is 4.16. The highest BCUT2D eigenvalue weighted by Gasteiger charge is 2.35. The molecule has 0 aliphatic rings. The normalized spacial score (nSPS) is 13.5. The predicted octanol–water partition coefficient (Wildman–Crippen LogP) is 2.97. The smallest absolute Gasteiger partial charge is 0.272 e. The van der Waals surface area contributed by atoms with Gasteiger partial charge < -0.3 is 9.67 Å². The number of hydrogen-bond acceptors (Lipinski definition) is 6. The zero-order chi connectivity index (χ0) is 24.3. The molecule has 0 aliphatic heterocycles. The van der Waals surface area contributed by atoms with Crippen molar-refractivity contribution in [2.45, 2.75) is 18.2 Å². The van der Waals surface area contributed by atoms with E-state index in [1.807, 2.05) is 30.3 Å². The number of nitrogens with zero attached hydrogens (tertiary/aromatic N) is 3. The number of benzene rings is 2. The number of aromatic nitrogens is 4. The highest BCUT2D eigenvalue weighted by molar-refractivity contribution is 7.86. The number of hydrogen-bond donors (Lipinski definition) is 3. The third kappa shape index (κ3) is 5.05. The Labute approximate surface area is 194 Å². The molecule has 0 spiro atoms. The number of imidazole rings is 1. The summed E-state index contributed by atoms with van der Waals surface area (Å²) in [4.78, 5) is 16.0. The molecule has 4 rings (SSSR count). The number of H-pyrrole nitrogens is 1. The molecule has 0 bridgehead atoms. The Kier molecular flexibility index (Phi) is 6.57. The molecule has 176 valence electrons. The molecule has 0 aliphatic carbocycles. The highest BCUT2D eigenvalue weighted by atomic mass is 32.2. The van der Waals surface area contributed by atoms with Crippen LogP contribution in [0.4, 0.5) is 4.39 Å². The van der Waals surface area contributed by atoms with Crippen LogP contribution in [-0.4, -0.2) is 37.8 Å². The zero-order valence-electron chi connectivity index (χ0n) is 17.7. The third-order valence-electron chi connectivity index (χ3n) is 5.49. The molecular formula is C23H21FN4O5S.